The molecule has 0 saturated heterocycles. The third-order valence-corrected chi connectivity index (χ3v) is 1.37. The molecule has 0 aliphatic rings. The van der Waals surface area contributed by atoms with E-state index in [0.29, 0.717) is 12.5 Å². The Morgan fingerprint density at radius 3 is 1.33 bits per heavy atom. The Morgan fingerprint density at radius 1 is 0.917 bits per heavy atom. The van der Waals surface area contributed by atoms with Gasteiger partial charge in [0.05, 0.1) is 0 Å². The summed E-state index contributed by atoms with van der Waals surface area (Å²) in [5.41, 5.74) is 0. The van der Waals surface area contributed by atoms with E-state index in [2.05, 4.69) is 13.8 Å². The molecule has 12 heavy (non-hydrogen) atoms. The zero-order valence-electron chi connectivity index (χ0n) is 7.90. The summed E-state index contributed by atoms with van der Waals surface area (Å²) in [5, 5.41) is 8.24. The lowest BCUT2D eigenvalue weighted by molar-refractivity contribution is 0.268. The van der Waals surface area contributed by atoms with Gasteiger partial charge in [-0.1, -0.05) is 50.2 Å². The fourth-order valence-electron chi connectivity index (χ4n) is 0.643. The van der Waals surface area contributed by atoms with E-state index in [-0.39, 0.29) is 0 Å². The Morgan fingerprint density at radius 2 is 1.25 bits per heavy atom. The van der Waals surface area contributed by atoms with Gasteiger partial charge in [-0.05, 0) is 12.3 Å². The first-order valence-electron chi connectivity index (χ1n) is 4.38. The fourth-order valence-corrected chi connectivity index (χ4v) is 0.643. The molecule has 1 aromatic carbocycles. The van der Waals surface area contributed by atoms with Gasteiger partial charge in [-0.25, -0.2) is 0 Å². The summed E-state index contributed by atoms with van der Waals surface area (Å²) < 4.78 is 0. The van der Waals surface area contributed by atoms with Crippen LogP contribution in [0, 0.1) is 5.92 Å². The summed E-state index contributed by atoms with van der Waals surface area (Å²) in [7, 11) is 0. The van der Waals surface area contributed by atoms with E-state index < -0.39 is 0 Å². The number of aliphatic hydroxyl groups is 1. The molecule has 0 aliphatic heterocycles. The second kappa shape index (κ2) is 8.28. The summed E-state index contributed by atoms with van der Waals surface area (Å²) >= 11 is 0. The van der Waals surface area contributed by atoms with E-state index in [0.717, 1.165) is 6.42 Å². The van der Waals surface area contributed by atoms with Crippen LogP contribution in [-0.4, -0.2) is 11.7 Å². The Bertz CT molecular complexity index is 131. The molecule has 0 amide bonds. The van der Waals surface area contributed by atoms with Crippen molar-refractivity contribution in [3.8, 4) is 0 Å². The number of hydrogen-bond donors (Lipinski definition) is 1. The summed E-state index contributed by atoms with van der Waals surface area (Å²) in [6.07, 6.45) is 0.931. The summed E-state index contributed by atoms with van der Waals surface area (Å²) in [4.78, 5) is 0. The average molecular weight is 166 g/mol. The van der Waals surface area contributed by atoms with Crippen molar-refractivity contribution in [1.29, 1.82) is 0 Å². The van der Waals surface area contributed by atoms with Crippen LogP contribution in [0.15, 0.2) is 36.4 Å². The highest BCUT2D eigenvalue weighted by Crippen LogP contribution is 1.94. The molecule has 0 saturated carbocycles. The standard InChI is InChI=1S/C6H6.C5H12O/c1-2-4-6-5-3-1;1-5(2)3-4-6/h1-6H;5-6H,3-4H2,1-2H3. The van der Waals surface area contributed by atoms with Crippen molar-refractivity contribution in [2.45, 2.75) is 20.3 Å². The van der Waals surface area contributed by atoms with Crippen molar-refractivity contribution < 1.29 is 5.11 Å². The molecule has 0 atom stereocenters. The van der Waals surface area contributed by atoms with Crippen LogP contribution < -0.4 is 0 Å². The maximum absolute atomic E-state index is 8.24. The Labute approximate surface area is 75.1 Å². The van der Waals surface area contributed by atoms with Gasteiger partial charge < -0.3 is 5.11 Å². The molecule has 68 valence electrons. The van der Waals surface area contributed by atoms with Gasteiger partial charge in [-0.2, -0.15) is 0 Å². The van der Waals surface area contributed by atoms with Crippen LogP contribution in [-0.2, 0) is 0 Å². The van der Waals surface area contributed by atoms with Crippen molar-refractivity contribution in [3.63, 3.8) is 0 Å². The third-order valence-electron chi connectivity index (χ3n) is 1.37. The molecular formula is C11H18O. The molecule has 1 aromatic rings. The molecule has 1 nitrogen and oxygen atoms in total. The highest BCUT2D eigenvalue weighted by Gasteiger charge is 1.86. The van der Waals surface area contributed by atoms with Crippen LogP contribution in [0.2, 0.25) is 0 Å². The number of hydrogen-bond acceptors (Lipinski definition) is 1. The van der Waals surface area contributed by atoms with E-state index in [1.807, 2.05) is 36.4 Å². The Balaban J connectivity index is 0.000000202. The first-order chi connectivity index (χ1) is 5.77. The first kappa shape index (κ1) is 11.2. The first-order valence-corrected chi connectivity index (χ1v) is 4.38. The molecule has 0 radical (unpaired) electrons. The third kappa shape index (κ3) is 9.18. The molecule has 1 N–H and O–H groups in total. The van der Waals surface area contributed by atoms with Crippen LogP contribution in [0.5, 0.6) is 0 Å². The topological polar surface area (TPSA) is 20.2 Å². The summed E-state index contributed by atoms with van der Waals surface area (Å²) in [5.74, 6) is 0.648. The largest absolute Gasteiger partial charge is 0.396 e. The molecule has 1 rings (SSSR count). The number of benzene rings is 1. The lowest BCUT2D eigenvalue weighted by Crippen LogP contribution is -1.89. The lowest BCUT2D eigenvalue weighted by Gasteiger charge is -1.95. The molecule has 1 heteroatoms. The van der Waals surface area contributed by atoms with Gasteiger partial charge in [0.1, 0.15) is 0 Å². The quantitative estimate of drug-likeness (QED) is 0.716. The molecule has 0 spiro atoms. The number of aliphatic hydroxyl groups excluding tert-OH is 1. The zero-order valence-corrected chi connectivity index (χ0v) is 7.90. The van der Waals surface area contributed by atoms with Crippen LogP contribution >= 0.6 is 0 Å². The average Bonchev–Trinajstić information content (AvgIpc) is 2.08. The second-order valence-electron chi connectivity index (χ2n) is 3.06. The van der Waals surface area contributed by atoms with E-state index in [9.17, 15) is 0 Å². The van der Waals surface area contributed by atoms with Crippen molar-refractivity contribution in [1.82, 2.24) is 0 Å². The van der Waals surface area contributed by atoms with Crippen molar-refractivity contribution in [2.75, 3.05) is 6.61 Å². The van der Waals surface area contributed by atoms with Crippen LogP contribution in [0.4, 0.5) is 0 Å². The SMILES string of the molecule is CC(C)CCO.c1ccccc1. The molecule has 0 unspecified atom stereocenters. The van der Waals surface area contributed by atoms with E-state index in [1.54, 1.807) is 0 Å². The van der Waals surface area contributed by atoms with Gasteiger partial charge >= 0.3 is 0 Å². The minimum atomic E-state index is 0.331. The minimum absolute atomic E-state index is 0.331. The molecule has 0 fully saturated rings. The Hall–Kier alpha value is -0.820. The van der Waals surface area contributed by atoms with Gasteiger partial charge in [0.15, 0.2) is 0 Å². The predicted molar refractivity (Wildman–Crippen MR) is 53.0 cm³/mol. The highest BCUT2D eigenvalue weighted by molar-refractivity contribution is 4.99. The lowest BCUT2D eigenvalue weighted by atomic mass is 10.2. The van der Waals surface area contributed by atoms with Gasteiger partial charge in [-0.3, -0.25) is 0 Å². The second-order valence-corrected chi connectivity index (χ2v) is 3.06. The summed E-state index contributed by atoms with van der Waals surface area (Å²) in [6.45, 7) is 4.52. The monoisotopic (exact) mass is 166 g/mol. The van der Waals surface area contributed by atoms with E-state index in [1.165, 1.54) is 0 Å². The van der Waals surface area contributed by atoms with E-state index in [4.69, 9.17) is 5.11 Å². The molecule has 0 heterocycles. The van der Waals surface area contributed by atoms with Crippen molar-refractivity contribution in [3.05, 3.63) is 36.4 Å². The van der Waals surface area contributed by atoms with Crippen LogP contribution in [0.25, 0.3) is 0 Å². The highest BCUT2D eigenvalue weighted by atomic mass is 16.2. The predicted octanol–water partition coefficient (Wildman–Crippen LogP) is 2.71. The normalized spacial score (nSPS) is 9.00. The van der Waals surface area contributed by atoms with Crippen LogP contribution in [0.3, 0.4) is 0 Å². The van der Waals surface area contributed by atoms with E-state index >= 15 is 0 Å². The zero-order chi connectivity index (χ0) is 9.23. The Kier molecular flexibility index (Phi) is 7.71. The molecule has 0 bridgehead atoms. The smallest absolute Gasteiger partial charge is 0.0433 e. The maximum atomic E-state index is 8.24. The maximum Gasteiger partial charge on any atom is 0.0433 e. The van der Waals surface area contributed by atoms with Gasteiger partial charge in [0.25, 0.3) is 0 Å². The minimum Gasteiger partial charge on any atom is -0.396 e. The fraction of sp³-hybridized carbons (Fsp3) is 0.455. The molecule has 0 aromatic heterocycles. The summed E-state index contributed by atoms with van der Waals surface area (Å²) in [6, 6.07) is 12.0. The van der Waals surface area contributed by atoms with Crippen LogP contribution in [0.1, 0.15) is 20.3 Å². The molecular weight excluding hydrogens is 148 g/mol. The van der Waals surface area contributed by atoms with Gasteiger partial charge in [0.2, 0.25) is 0 Å². The van der Waals surface area contributed by atoms with Gasteiger partial charge in [0, 0.05) is 6.61 Å². The van der Waals surface area contributed by atoms with Gasteiger partial charge in [-0.15, -0.1) is 0 Å². The number of rotatable bonds is 2. The van der Waals surface area contributed by atoms with Crippen molar-refractivity contribution in [2.24, 2.45) is 5.92 Å². The van der Waals surface area contributed by atoms with Crippen molar-refractivity contribution >= 4 is 0 Å². The molecule has 0 aliphatic carbocycles.